The van der Waals surface area contributed by atoms with Crippen LogP contribution in [0, 0.1) is 5.92 Å². The largest absolute Gasteiger partial charge is 0.480 e. The van der Waals surface area contributed by atoms with Gasteiger partial charge in [-0.2, -0.15) is 0 Å². The summed E-state index contributed by atoms with van der Waals surface area (Å²) in [5, 5.41) is 13.9. The number of carbonyl (C=O) groups is 2. The molecule has 0 saturated heterocycles. The van der Waals surface area contributed by atoms with Gasteiger partial charge in [0.1, 0.15) is 6.04 Å². The third-order valence-corrected chi connectivity index (χ3v) is 2.05. The standard InChI is InChI=1S/C11H22N2O4/c1-4-17-6-5-12-11(16)13-9(10(14)15)7-8(2)3/h8-9H,4-7H2,1-3H3,(H,14,15)(H2,12,13,16)/t9-/m0/s1. The fraction of sp³-hybridized carbons (Fsp3) is 0.818. The maximum atomic E-state index is 11.4. The van der Waals surface area contributed by atoms with Gasteiger partial charge in [-0.3, -0.25) is 0 Å². The smallest absolute Gasteiger partial charge is 0.326 e. The lowest BCUT2D eigenvalue weighted by Gasteiger charge is -2.16. The highest BCUT2D eigenvalue weighted by atomic mass is 16.5. The van der Waals surface area contributed by atoms with Crippen molar-refractivity contribution in [1.29, 1.82) is 0 Å². The number of rotatable bonds is 8. The number of carbonyl (C=O) groups excluding carboxylic acids is 1. The lowest BCUT2D eigenvalue weighted by atomic mass is 10.0. The molecule has 0 aromatic rings. The van der Waals surface area contributed by atoms with E-state index in [4.69, 9.17) is 9.84 Å². The number of aliphatic carboxylic acids is 1. The summed E-state index contributed by atoms with van der Waals surface area (Å²) >= 11 is 0. The molecule has 0 spiro atoms. The third kappa shape index (κ3) is 8.50. The van der Waals surface area contributed by atoms with Crippen LogP contribution in [-0.4, -0.2) is 42.9 Å². The van der Waals surface area contributed by atoms with Crippen molar-refractivity contribution in [3.05, 3.63) is 0 Å². The molecule has 0 aromatic heterocycles. The zero-order chi connectivity index (χ0) is 13.3. The highest BCUT2D eigenvalue weighted by molar-refractivity contribution is 5.82. The number of amides is 2. The normalized spacial score (nSPS) is 12.2. The molecule has 0 radical (unpaired) electrons. The Morgan fingerprint density at radius 2 is 2.00 bits per heavy atom. The van der Waals surface area contributed by atoms with E-state index in [0.29, 0.717) is 26.2 Å². The van der Waals surface area contributed by atoms with Gasteiger partial charge in [-0.15, -0.1) is 0 Å². The van der Waals surface area contributed by atoms with Crippen molar-refractivity contribution >= 4 is 12.0 Å². The van der Waals surface area contributed by atoms with Crippen molar-refractivity contribution in [3.8, 4) is 0 Å². The highest BCUT2D eigenvalue weighted by Gasteiger charge is 2.20. The van der Waals surface area contributed by atoms with E-state index in [9.17, 15) is 9.59 Å². The fourth-order valence-corrected chi connectivity index (χ4v) is 1.28. The Labute approximate surface area is 102 Å². The number of nitrogens with one attached hydrogen (secondary N) is 2. The summed E-state index contributed by atoms with van der Waals surface area (Å²) in [4.78, 5) is 22.2. The summed E-state index contributed by atoms with van der Waals surface area (Å²) in [6.07, 6.45) is 0.411. The molecule has 0 fully saturated rings. The molecule has 6 heteroatoms. The monoisotopic (exact) mass is 246 g/mol. The van der Waals surface area contributed by atoms with Crippen molar-refractivity contribution in [3.63, 3.8) is 0 Å². The zero-order valence-corrected chi connectivity index (χ0v) is 10.7. The number of hydrogen-bond donors (Lipinski definition) is 3. The molecular weight excluding hydrogens is 224 g/mol. The van der Waals surface area contributed by atoms with Crippen LogP contribution in [0.5, 0.6) is 0 Å². The molecule has 0 unspecified atom stereocenters. The van der Waals surface area contributed by atoms with Crippen LogP contribution in [-0.2, 0) is 9.53 Å². The first kappa shape index (κ1) is 15.7. The summed E-state index contributed by atoms with van der Waals surface area (Å²) in [5.74, 6) is -0.807. The second kappa shape index (κ2) is 8.81. The fourth-order valence-electron chi connectivity index (χ4n) is 1.28. The Balaban J connectivity index is 3.91. The van der Waals surface area contributed by atoms with Gasteiger partial charge in [-0.1, -0.05) is 13.8 Å². The lowest BCUT2D eigenvalue weighted by molar-refractivity contribution is -0.139. The molecule has 6 nitrogen and oxygen atoms in total. The SMILES string of the molecule is CCOCCNC(=O)N[C@@H](CC(C)C)C(=O)O. The number of urea groups is 1. The molecule has 0 saturated carbocycles. The molecule has 0 aromatic carbocycles. The van der Waals surface area contributed by atoms with Gasteiger partial charge in [0.25, 0.3) is 0 Å². The van der Waals surface area contributed by atoms with E-state index < -0.39 is 18.0 Å². The predicted molar refractivity (Wildman–Crippen MR) is 63.9 cm³/mol. The van der Waals surface area contributed by atoms with Crippen LogP contribution in [0.25, 0.3) is 0 Å². The van der Waals surface area contributed by atoms with Crippen LogP contribution in [0.15, 0.2) is 0 Å². The van der Waals surface area contributed by atoms with Crippen LogP contribution in [0.1, 0.15) is 27.2 Å². The summed E-state index contributed by atoms with van der Waals surface area (Å²) in [6, 6.07) is -1.32. The Bertz CT molecular complexity index is 244. The molecule has 0 heterocycles. The van der Waals surface area contributed by atoms with Gasteiger partial charge >= 0.3 is 12.0 Å². The maximum absolute atomic E-state index is 11.4. The average Bonchev–Trinajstić information content (AvgIpc) is 2.22. The van der Waals surface area contributed by atoms with Crippen LogP contribution >= 0.6 is 0 Å². The zero-order valence-electron chi connectivity index (χ0n) is 10.7. The van der Waals surface area contributed by atoms with E-state index in [0.717, 1.165) is 0 Å². The van der Waals surface area contributed by atoms with Gasteiger partial charge in [0.05, 0.1) is 6.61 Å². The van der Waals surface area contributed by atoms with Gasteiger partial charge < -0.3 is 20.5 Å². The topological polar surface area (TPSA) is 87.7 Å². The molecule has 2 amide bonds. The second-order valence-electron chi connectivity index (χ2n) is 4.12. The summed E-state index contributed by atoms with van der Waals surface area (Å²) in [6.45, 7) is 7.06. The Kier molecular flexibility index (Phi) is 8.13. The minimum absolute atomic E-state index is 0.208. The van der Waals surface area contributed by atoms with Crippen LogP contribution < -0.4 is 10.6 Å². The third-order valence-electron chi connectivity index (χ3n) is 2.05. The molecule has 1 atom stereocenters. The first-order chi connectivity index (χ1) is 7.97. The van der Waals surface area contributed by atoms with Crippen molar-refractivity contribution in [1.82, 2.24) is 10.6 Å². The van der Waals surface area contributed by atoms with Gasteiger partial charge in [-0.05, 0) is 19.3 Å². The quantitative estimate of drug-likeness (QED) is 0.553. The molecule has 0 bridgehead atoms. The Hall–Kier alpha value is -1.30. The molecule has 0 aliphatic heterocycles. The van der Waals surface area contributed by atoms with Crippen molar-refractivity contribution in [2.45, 2.75) is 33.2 Å². The number of hydrogen-bond acceptors (Lipinski definition) is 3. The van der Waals surface area contributed by atoms with Gasteiger partial charge in [0.2, 0.25) is 0 Å². The molecule has 0 aliphatic carbocycles. The maximum Gasteiger partial charge on any atom is 0.326 e. The van der Waals surface area contributed by atoms with Crippen LogP contribution in [0.2, 0.25) is 0 Å². The van der Waals surface area contributed by atoms with Crippen molar-refractivity contribution in [2.24, 2.45) is 5.92 Å². The number of carboxylic acid groups (broad SMARTS) is 1. The van der Waals surface area contributed by atoms with E-state index in [1.807, 2.05) is 20.8 Å². The van der Waals surface area contributed by atoms with E-state index in [-0.39, 0.29) is 5.92 Å². The molecule has 3 N–H and O–H groups in total. The van der Waals surface area contributed by atoms with Crippen LogP contribution in [0.3, 0.4) is 0 Å². The number of ether oxygens (including phenoxy) is 1. The first-order valence-electron chi connectivity index (χ1n) is 5.82. The van der Waals surface area contributed by atoms with E-state index in [1.54, 1.807) is 0 Å². The predicted octanol–water partition coefficient (Wildman–Crippen LogP) is 0.821. The summed E-state index contributed by atoms with van der Waals surface area (Å²) in [5.41, 5.74) is 0. The summed E-state index contributed by atoms with van der Waals surface area (Å²) < 4.78 is 5.04. The average molecular weight is 246 g/mol. The van der Waals surface area contributed by atoms with Crippen molar-refractivity contribution in [2.75, 3.05) is 19.8 Å². The van der Waals surface area contributed by atoms with Crippen LogP contribution in [0.4, 0.5) is 4.79 Å². The van der Waals surface area contributed by atoms with Crippen molar-refractivity contribution < 1.29 is 19.4 Å². The first-order valence-corrected chi connectivity index (χ1v) is 5.82. The highest BCUT2D eigenvalue weighted by Crippen LogP contribution is 2.04. The Morgan fingerprint density at radius 3 is 2.47 bits per heavy atom. The van der Waals surface area contributed by atoms with Gasteiger partial charge in [0, 0.05) is 13.2 Å². The molecule has 17 heavy (non-hydrogen) atoms. The molecule has 100 valence electrons. The minimum atomic E-state index is -1.02. The molecular formula is C11H22N2O4. The lowest BCUT2D eigenvalue weighted by Crippen LogP contribution is -2.47. The Morgan fingerprint density at radius 1 is 1.35 bits per heavy atom. The number of carboxylic acids is 1. The summed E-state index contributed by atoms with van der Waals surface area (Å²) in [7, 11) is 0. The molecule has 0 aliphatic rings. The second-order valence-corrected chi connectivity index (χ2v) is 4.12. The van der Waals surface area contributed by atoms with E-state index in [2.05, 4.69) is 10.6 Å². The van der Waals surface area contributed by atoms with E-state index in [1.165, 1.54) is 0 Å². The van der Waals surface area contributed by atoms with Gasteiger partial charge in [-0.25, -0.2) is 9.59 Å². The van der Waals surface area contributed by atoms with Gasteiger partial charge in [0.15, 0.2) is 0 Å². The van der Waals surface area contributed by atoms with E-state index >= 15 is 0 Å². The minimum Gasteiger partial charge on any atom is -0.480 e. The molecule has 0 rings (SSSR count).